The Morgan fingerprint density at radius 3 is 2.63 bits per heavy atom. The van der Waals surface area contributed by atoms with Crippen LogP contribution in [0.1, 0.15) is 34.6 Å². The van der Waals surface area contributed by atoms with E-state index >= 15 is 0 Å². The molecule has 3 nitrogen and oxygen atoms in total. The van der Waals surface area contributed by atoms with Gasteiger partial charge in [-0.2, -0.15) is 11.8 Å². The third-order valence-corrected chi connectivity index (χ3v) is 3.47. The van der Waals surface area contributed by atoms with Gasteiger partial charge in [0.25, 0.3) is 5.91 Å². The van der Waals surface area contributed by atoms with Crippen molar-refractivity contribution in [1.82, 2.24) is 5.32 Å². The first-order valence-electron chi connectivity index (χ1n) is 6.13. The molecule has 0 spiro atoms. The summed E-state index contributed by atoms with van der Waals surface area (Å²) < 4.78 is 5.27. The number of rotatable bonds is 5. The molecule has 0 aliphatic heterocycles. The SMILES string of the molecule is CSCc1ccc(C(=O)NC(C)c2ccco2)cc1. The summed E-state index contributed by atoms with van der Waals surface area (Å²) >= 11 is 1.76. The van der Waals surface area contributed by atoms with Crippen LogP contribution in [0, 0.1) is 0 Å². The van der Waals surface area contributed by atoms with E-state index in [9.17, 15) is 4.79 Å². The molecule has 0 aliphatic rings. The van der Waals surface area contributed by atoms with Crippen LogP contribution in [0.3, 0.4) is 0 Å². The number of hydrogen-bond donors (Lipinski definition) is 1. The highest BCUT2D eigenvalue weighted by Crippen LogP contribution is 2.14. The highest BCUT2D eigenvalue weighted by atomic mass is 32.2. The van der Waals surface area contributed by atoms with Crippen molar-refractivity contribution in [2.75, 3.05) is 6.26 Å². The second-order valence-electron chi connectivity index (χ2n) is 4.34. The van der Waals surface area contributed by atoms with Gasteiger partial charge in [-0.3, -0.25) is 4.79 Å². The first-order chi connectivity index (χ1) is 9.20. The van der Waals surface area contributed by atoms with Crippen LogP contribution in [-0.4, -0.2) is 12.2 Å². The average Bonchev–Trinajstić information content (AvgIpc) is 2.94. The standard InChI is InChI=1S/C15H17NO2S/c1-11(14-4-3-9-18-14)16-15(17)13-7-5-12(6-8-13)10-19-2/h3-9,11H,10H2,1-2H3,(H,16,17). The third-order valence-electron chi connectivity index (χ3n) is 2.84. The molecular formula is C15H17NO2S. The maximum atomic E-state index is 12.1. The summed E-state index contributed by atoms with van der Waals surface area (Å²) in [6, 6.07) is 11.2. The largest absolute Gasteiger partial charge is 0.467 e. The van der Waals surface area contributed by atoms with E-state index in [0.29, 0.717) is 5.56 Å². The molecule has 1 atom stereocenters. The molecule has 0 aliphatic carbocycles. The Hall–Kier alpha value is -1.68. The van der Waals surface area contributed by atoms with Crippen LogP contribution in [0.25, 0.3) is 0 Å². The molecule has 1 unspecified atom stereocenters. The maximum absolute atomic E-state index is 12.1. The topological polar surface area (TPSA) is 42.2 Å². The van der Waals surface area contributed by atoms with Gasteiger partial charge in [0.05, 0.1) is 12.3 Å². The summed E-state index contributed by atoms with van der Waals surface area (Å²) in [6.07, 6.45) is 3.67. The number of carbonyl (C=O) groups excluding carboxylic acids is 1. The highest BCUT2D eigenvalue weighted by Gasteiger charge is 2.13. The van der Waals surface area contributed by atoms with Crippen LogP contribution in [0.15, 0.2) is 47.1 Å². The Balaban J connectivity index is 1.99. The number of nitrogens with one attached hydrogen (secondary N) is 1. The van der Waals surface area contributed by atoms with E-state index in [-0.39, 0.29) is 11.9 Å². The summed E-state index contributed by atoms with van der Waals surface area (Å²) in [7, 11) is 0. The molecule has 0 bridgehead atoms. The zero-order valence-electron chi connectivity index (χ0n) is 11.1. The lowest BCUT2D eigenvalue weighted by Crippen LogP contribution is -2.26. The van der Waals surface area contributed by atoms with Crippen molar-refractivity contribution in [2.24, 2.45) is 0 Å². The summed E-state index contributed by atoms with van der Waals surface area (Å²) in [5, 5.41) is 2.91. The van der Waals surface area contributed by atoms with Crippen molar-refractivity contribution in [3.05, 3.63) is 59.5 Å². The quantitative estimate of drug-likeness (QED) is 0.906. The van der Waals surface area contributed by atoms with Crippen molar-refractivity contribution < 1.29 is 9.21 Å². The summed E-state index contributed by atoms with van der Waals surface area (Å²) in [5.41, 5.74) is 1.89. The fraction of sp³-hybridized carbons (Fsp3) is 0.267. The fourth-order valence-electron chi connectivity index (χ4n) is 1.81. The van der Waals surface area contributed by atoms with Crippen LogP contribution in [0.2, 0.25) is 0 Å². The molecule has 100 valence electrons. The smallest absolute Gasteiger partial charge is 0.251 e. The Bertz CT molecular complexity index is 520. The second-order valence-corrected chi connectivity index (χ2v) is 5.21. The van der Waals surface area contributed by atoms with E-state index in [4.69, 9.17) is 4.42 Å². The first-order valence-corrected chi connectivity index (χ1v) is 7.52. The zero-order chi connectivity index (χ0) is 13.7. The third kappa shape index (κ3) is 3.64. The minimum Gasteiger partial charge on any atom is -0.467 e. The minimum absolute atomic E-state index is 0.0837. The van der Waals surface area contributed by atoms with Gasteiger partial charge in [0.2, 0.25) is 0 Å². The number of hydrogen-bond acceptors (Lipinski definition) is 3. The number of thioether (sulfide) groups is 1. The van der Waals surface area contributed by atoms with Crippen molar-refractivity contribution in [3.63, 3.8) is 0 Å². The van der Waals surface area contributed by atoms with E-state index in [1.807, 2.05) is 43.3 Å². The Kier molecular flexibility index (Phi) is 4.68. The molecule has 1 heterocycles. The molecule has 1 N–H and O–H groups in total. The second kappa shape index (κ2) is 6.48. The molecule has 1 aromatic heterocycles. The summed E-state index contributed by atoms with van der Waals surface area (Å²) in [4.78, 5) is 12.1. The van der Waals surface area contributed by atoms with Gasteiger partial charge in [-0.1, -0.05) is 12.1 Å². The molecule has 0 saturated heterocycles. The van der Waals surface area contributed by atoms with E-state index in [1.165, 1.54) is 5.56 Å². The van der Waals surface area contributed by atoms with Gasteiger partial charge >= 0.3 is 0 Å². The molecule has 0 fully saturated rings. The van der Waals surface area contributed by atoms with Gasteiger partial charge in [-0.25, -0.2) is 0 Å². The van der Waals surface area contributed by atoms with Gasteiger partial charge in [-0.05, 0) is 43.0 Å². The molecule has 1 aromatic carbocycles. The number of furan rings is 1. The van der Waals surface area contributed by atoms with Crippen molar-refractivity contribution in [1.29, 1.82) is 0 Å². The molecule has 2 aromatic rings. The minimum atomic E-state index is -0.131. The van der Waals surface area contributed by atoms with Crippen molar-refractivity contribution in [2.45, 2.75) is 18.7 Å². The van der Waals surface area contributed by atoms with Gasteiger partial charge in [0.1, 0.15) is 5.76 Å². The van der Waals surface area contributed by atoms with E-state index in [0.717, 1.165) is 11.5 Å². The average molecular weight is 275 g/mol. The number of benzene rings is 1. The van der Waals surface area contributed by atoms with Crippen LogP contribution >= 0.6 is 11.8 Å². The molecule has 1 amide bonds. The van der Waals surface area contributed by atoms with Crippen molar-refractivity contribution in [3.8, 4) is 0 Å². The van der Waals surface area contributed by atoms with E-state index in [1.54, 1.807) is 18.0 Å². The Morgan fingerprint density at radius 1 is 1.32 bits per heavy atom. The molecular weight excluding hydrogens is 258 g/mol. The lowest BCUT2D eigenvalue weighted by molar-refractivity contribution is 0.0935. The zero-order valence-corrected chi connectivity index (χ0v) is 11.9. The predicted octanol–water partition coefficient (Wildman–Crippen LogP) is 3.63. The highest BCUT2D eigenvalue weighted by molar-refractivity contribution is 7.97. The molecule has 4 heteroatoms. The van der Waals surface area contributed by atoms with Crippen LogP contribution in [-0.2, 0) is 5.75 Å². The number of amides is 1. The maximum Gasteiger partial charge on any atom is 0.251 e. The molecule has 0 saturated carbocycles. The lowest BCUT2D eigenvalue weighted by Gasteiger charge is -2.11. The Labute approximate surface area is 117 Å². The summed E-state index contributed by atoms with van der Waals surface area (Å²) in [6.45, 7) is 1.90. The van der Waals surface area contributed by atoms with Crippen LogP contribution in [0.5, 0.6) is 0 Å². The molecule has 2 rings (SSSR count). The lowest BCUT2D eigenvalue weighted by atomic mass is 10.1. The van der Waals surface area contributed by atoms with Gasteiger partial charge in [0, 0.05) is 11.3 Å². The van der Waals surface area contributed by atoms with Crippen molar-refractivity contribution >= 4 is 17.7 Å². The van der Waals surface area contributed by atoms with Crippen LogP contribution in [0.4, 0.5) is 0 Å². The molecule has 19 heavy (non-hydrogen) atoms. The first kappa shape index (κ1) is 13.7. The monoisotopic (exact) mass is 275 g/mol. The number of carbonyl (C=O) groups is 1. The normalized spacial score (nSPS) is 12.1. The molecule has 0 radical (unpaired) electrons. The predicted molar refractivity (Wildman–Crippen MR) is 78.3 cm³/mol. The fourth-order valence-corrected chi connectivity index (χ4v) is 2.33. The van der Waals surface area contributed by atoms with Gasteiger partial charge < -0.3 is 9.73 Å². The Morgan fingerprint density at radius 2 is 2.05 bits per heavy atom. The van der Waals surface area contributed by atoms with Gasteiger partial charge in [-0.15, -0.1) is 0 Å². The van der Waals surface area contributed by atoms with E-state index in [2.05, 4.69) is 11.6 Å². The summed E-state index contributed by atoms with van der Waals surface area (Å²) in [5.74, 6) is 1.64. The van der Waals surface area contributed by atoms with Gasteiger partial charge in [0.15, 0.2) is 0 Å². The van der Waals surface area contributed by atoms with E-state index < -0.39 is 0 Å². The van der Waals surface area contributed by atoms with Crippen LogP contribution < -0.4 is 5.32 Å².